The molecule has 1 fully saturated rings. The molecule has 0 spiro atoms. The molecule has 0 bridgehead atoms. The van der Waals surface area contributed by atoms with E-state index in [2.05, 4.69) is 47.5 Å². The van der Waals surface area contributed by atoms with Gasteiger partial charge in [0, 0.05) is 18.1 Å². The van der Waals surface area contributed by atoms with E-state index in [0.29, 0.717) is 12.5 Å². The highest BCUT2D eigenvalue weighted by molar-refractivity contribution is 8.14. The van der Waals surface area contributed by atoms with Crippen LogP contribution in [0.5, 0.6) is 0 Å². The molecule has 1 saturated carbocycles. The Morgan fingerprint density at radius 2 is 2.00 bits per heavy atom. The molecule has 25 heavy (non-hydrogen) atoms. The van der Waals surface area contributed by atoms with Crippen molar-refractivity contribution in [1.82, 2.24) is 0 Å². The molecule has 0 radical (unpaired) electrons. The van der Waals surface area contributed by atoms with Crippen LogP contribution < -0.4 is 4.90 Å². The Kier molecular flexibility index (Phi) is 4.49. The molecule has 5 heteroatoms. The van der Waals surface area contributed by atoms with Gasteiger partial charge in [0.1, 0.15) is 0 Å². The summed E-state index contributed by atoms with van der Waals surface area (Å²) in [6.07, 6.45) is 7.54. The van der Waals surface area contributed by atoms with Crippen molar-refractivity contribution in [3.05, 3.63) is 54.2 Å². The number of aliphatic imine (C=N–C) groups is 1. The van der Waals surface area contributed by atoms with Gasteiger partial charge in [0.15, 0.2) is 5.17 Å². The summed E-state index contributed by atoms with van der Waals surface area (Å²) in [7, 11) is 0. The summed E-state index contributed by atoms with van der Waals surface area (Å²) in [4.78, 5) is 17.6. The van der Waals surface area contributed by atoms with Gasteiger partial charge in [0.2, 0.25) is 0 Å². The van der Waals surface area contributed by atoms with Crippen molar-refractivity contribution in [2.24, 2.45) is 4.99 Å². The Hall–Kier alpha value is -2.27. The van der Waals surface area contributed by atoms with Gasteiger partial charge in [-0.2, -0.15) is 0 Å². The van der Waals surface area contributed by atoms with Crippen LogP contribution in [-0.2, 0) is 4.79 Å². The van der Waals surface area contributed by atoms with Crippen LogP contribution in [0.1, 0.15) is 30.7 Å². The third kappa shape index (κ3) is 3.42. The largest absolute Gasteiger partial charge is 0.481 e. The van der Waals surface area contributed by atoms with E-state index in [1.54, 1.807) is 0 Å². The van der Waals surface area contributed by atoms with Crippen LogP contribution in [-0.4, -0.2) is 28.5 Å². The fraction of sp³-hybridized carbons (Fsp3) is 0.300. The lowest BCUT2D eigenvalue weighted by atomic mass is 9.99. The van der Waals surface area contributed by atoms with Crippen molar-refractivity contribution < 1.29 is 9.90 Å². The minimum absolute atomic E-state index is 0.0151. The summed E-state index contributed by atoms with van der Waals surface area (Å²) in [5, 5.41) is 12.3. The highest BCUT2D eigenvalue weighted by Crippen LogP contribution is 2.45. The van der Waals surface area contributed by atoms with E-state index in [-0.39, 0.29) is 5.75 Å². The Bertz CT molecular complexity index is 871. The molecule has 2 aliphatic rings. The van der Waals surface area contributed by atoms with Crippen molar-refractivity contribution >= 4 is 39.4 Å². The second-order valence-electron chi connectivity index (χ2n) is 6.38. The zero-order valence-corrected chi connectivity index (χ0v) is 14.7. The first-order chi connectivity index (χ1) is 12.2. The number of anilines is 1. The number of amidine groups is 1. The van der Waals surface area contributed by atoms with Gasteiger partial charge in [-0.3, -0.25) is 14.7 Å². The van der Waals surface area contributed by atoms with Crippen molar-refractivity contribution in [2.45, 2.75) is 25.2 Å². The van der Waals surface area contributed by atoms with Crippen LogP contribution in [0, 0.1) is 0 Å². The quantitative estimate of drug-likeness (QED) is 0.873. The van der Waals surface area contributed by atoms with Crippen LogP contribution in [0.3, 0.4) is 0 Å². The third-order valence-electron chi connectivity index (χ3n) is 4.54. The number of hydrogen-bond donors (Lipinski definition) is 1. The van der Waals surface area contributed by atoms with Crippen molar-refractivity contribution in [1.29, 1.82) is 0 Å². The Labute approximate surface area is 151 Å². The molecule has 0 unspecified atom stereocenters. The Morgan fingerprint density at radius 3 is 2.76 bits per heavy atom. The predicted octanol–water partition coefficient (Wildman–Crippen LogP) is 4.61. The zero-order chi connectivity index (χ0) is 17.2. The molecule has 2 aromatic carbocycles. The fourth-order valence-electron chi connectivity index (χ4n) is 3.25. The van der Waals surface area contributed by atoms with E-state index >= 15 is 0 Å². The first kappa shape index (κ1) is 16.2. The second-order valence-corrected chi connectivity index (χ2v) is 7.33. The smallest absolute Gasteiger partial charge is 0.313 e. The van der Waals surface area contributed by atoms with Gasteiger partial charge in [-0.15, -0.1) is 0 Å². The minimum atomic E-state index is -0.824. The lowest BCUT2D eigenvalue weighted by Crippen LogP contribution is -2.23. The standard InChI is InChI=1S/C20H20N2O2S/c23-19(24)13-25-20-21-11-3-4-12-22(20)18-10-9-15(14-7-8-14)16-5-1-2-6-17(16)18/h1-2,4-6,9-10,12,14H,3,7-8,11,13H2,(H,23,24). The average molecular weight is 352 g/mol. The zero-order valence-electron chi connectivity index (χ0n) is 13.9. The van der Waals surface area contributed by atoms with Crippen LogP contribution in [0.4, 0.5) is 5.69 Å². The molecule has 0 saturated heterocycles. The summed E-state index contributed by atoms with van der Waals surface area (Å²) >= 11 is 1.28. The lowest BCUT2D eigenvalue weighted by Gasteiger charge is -2.23. The van der Waals surface area contributed by atoms with Crippen molar-refractivity contribution in [2.75, 3.05) is 17.2 Å². The molecule has 1 aliphatic heterocycles. The molecule has 0 atom stereocenters. The van der Waals surface area contributed by atoms with Crippen molar-refractivity contribution in [3.8, 4) is 0 Å². The monoisotopic (exact) mass is 352 g/mol. The summed E-state index contributed by atoms with van der Waals surface area (Å²) in [6, 6.07) is 12.9. The maximum absolute atomic E-state index is 11.0. The second kappa shape index (κ2) is 6.92. The number of rotatable bonds is 4. The maximum Gasteiger partial charge on any atom is 0.313 e. The summed E-state index contributed by atoms with van der Waals surface area (Å²) in [5.74, 6) is -0.121. The van der Waals surface area contributed by atoms with Crippen LogP contribution in [0.25, 0.3) is 10.8 Å². The maximum atomic E-state index is 11.0. The Morgan fingerprint density at radius 1 is 1.20 bits per heavy atom. The number of carbonyl (C=O) groups is 1. The van der Waals surface area contributed by atoms with Crippen LogP contribution in [0.2, 0.25) is 0 Å². The predicted molar refractivity (Wildman–Crippen MR) is 105 cm³/mol. The number of nitrogens with zero attached hydrogens (tertiary/aromatic N) is 2. The van der Waals surface area contributed by atoms with Crippen molar-refractivity contribution in [3.63, 3.8) is 0 Å². The average Bonchev–Trinajstić information content (AvgIpc) is 3.46. The summed E-state index contributed by atoms with van der Waals surface area (Å²) in [5.41, 5.74) is 2.49. The first-order valence-electron chi connectivity index (χ1n) is 8.60. The molecule has 2 aromatic rings. The van der Waals surface area contributed by atoms with E-state index in [4.69, 9.17) is 5.11 Å². The fourth-order valence-corrected chi connectivity index (χ4v) is 3.98. The van der Waals surface area contributed by atoms with Gasteiger partial charge < -0.3 is 5.11 Å². The first-order valence-corrected chi connectivity index (χ1v) is 9.59. The van der Waals surface area contributed by atoms with E-state index in [0.717, 1.165) is 17.3 Å². The topological polar surface area (TPSA) is 52.9 Å². The number of benzene rings is 2. The number of fused-ring (bicyclic) bond motifs is 1. The molecule has 4 nitrogen and oxygen atoms in total. The van der Waals surface area contributed by atoms with E-state index in [1.807, 2.05) is 11.1 Å². The number of hydrogen-bond acceptors (Lipinski definition) is 4. The lowest BCUT2D eigenvalue weighted by molar-refractivity contribution is -0.133. The van der Waals surface area contributed by atoms with Crippen LogP contribution in [0.15, 0.2) is 53.7 Å². The van der Waals surface area contributed by atoms with Gasteiger partial charge in [0.05, 0.1) is 11.4 Å². The van der Waals surface area contributed by atoms with E-state index in [9.17, 15) is 4.79 Å². The van der Waals surface area contributed by atoms with Crippen LogP contribution >= 0.6 is 11.8 Å². The van der Waals surface area contributed by atoms with Gasteiger partial charge in [0.25, 0.3) is 0 Å². The molecule has 0 aromatic heterocycles. The van der Waals surface area contributed by atoms with Gasteiger partial charge in [-0.05, 0) is 42.2 Å². The van der Waals surface area contributed by atoms with Gasteiger partial charge in [-0.1, -0.05) is 48.2 Å². The number of carboxylic acids is 1. The van der Waals surface area contributed by atoms with E-state index in [1.165, 1.54) is 40.9 Å². The SMILES string of the molecule is O=C(O)CSC1=NCCC=CN1c1ccc(C2CC2)c2ccccc12. The van der Waals surface area contributed by atoms with Gasteiger partial charge in [-0.25, -0.2) is 0 Å². The molecule has 1 heterocycles. The number of aliphatic carboxylic acids is 1. The molecule has 0 amide bonds. The summed E-state index contributed by atoms with van der Waals surface area (Å²) < 4.78 is 0. The molecule has 128 valence electrons. The molecule has 1 aliphatic carbocycles. The molecular formula is C20H20N2O2S. The Balaban J connectivity index is 1.78. The van der Waals surface area contributed by atoms with Gasteiger partial charge >= 0.3 is 5.97 Å². The molecule has 1 N–H and O–H groups in total. The minimum Gasteiger partial charge on any atom is -0.481 e. The number of carboxylic acid groups (broad SMARTS) is 1. The normalized spacial score (nSPS) is 17.4. The highest BCUT2D eigenvalue weighted by atomic mass is 32.2. The third-order valence-corrected chi connectivity index (χ3v) is 5.51. The summed E-state index contributed by atoms with van der Waals surface area (Å²) in [6.45, 7) is 0.688. The molecular weight excluding hydrogens is 332 g/mol. The molecule has 4 rings (SSSR count). The van der Waals surface area contributed by atoms with E-state index < -0.39 is 5.97 Å². The highest BCUT2D eigenvalue weighted by Gasteiger charge is 2.26. The number of thioether (sulfide) groups is 1.